The van der Waals surface area contributed by atoms with Crippen molar-refractivity contribution in [3.63, 3.8) is 0 Å². The molecule has 118 valence electrons. The monoisotopic (exact) mass is 341 g/mol. The van der Waals surface area contributed by atoms with Crippen molar-refractivity contribution in [1.29, 1.82) is 0 Å². The molecule has 2 rings (SSSR count). The standard InChI is InChI=1S/C14H16ClN3O3S/c1-8-9(15)3-2-4-10(8)17-12(19)5-6-16-13(20)11-7-22-14(21)18-11/h2-4,11H,5-7H2,1H3,(H,16,20)(H,17,19)(H,18,21). The third-order valence-electron chi connectivity index (χ3n) is 3.18. The SMILES string of the molecule is Cc1c(Cl)cccc1NC(=O)CCNC(=O)C1CSC(=O)N1. The molecular formula is C14H16ClN3O3S. The fourth-order valence-corrected chi connectivity index (χ4v) is 2.86. The molecule has 1 aromatic rings. The lowest BCUT2D eigenvalue weighted by atomic mass is 10.2. The van der Waals surface area contributed by atoms with E-state index in [4.69, 9.17) is 11.6 Å². The van der Waals surface area contributed by atoms with Gasteiger partial charge in [-0.25, -0.2) is 0 Å². The van der Waals surface area contributed by atoms with Crippen molar-refractivity contribution < 1.29 is 14.4 Å². The molecular weight excluding hydrogens is 326 g/mol. The summed E-state index contributed by atoms with van der Waals surface area (Å²) in [6.45, 7) is 2.03. The third kappa shape index (κ3) is 4.38. The summed E-state index contributed by atoms with van der Waals surface area (Å²) in [5.74, 6) is -0.0703. The van der Waals surface area contributed by atoms with Crippen LogP contribution in [0.15, 0.2) is 18.2 Å². The van der Waals surface area contributed by atoms with E-state index >= 15 is 0 Å². The molecule has 22 heavy (non-hydrogen) atoms. The molecule has 1 aromatic carbocycles. The molecule has 1 atom stereocenters. The summed E-state index contributed by atoms with van der Waals surface area (Å²) in [5.41, 5.74) is 1.45. The van der Waals surface area contributed by atoms with Gasteiger partial charge in [0.1, 0.15) is 6.04 Å². The zero-order chi connectivity index (χ0) is 16.1. The van der Waals surface area contributed by atoms with Gasteiger partial charge in [0.25, 0.3) is 5.24 Å². The number of hydrogen-bond donors (Lipinski definition) is 3. The minimum atomic E-state index is -0.518. The largest absolute Gasteiger partial charge is 0.354 e. The lowest BCUT2D eigenvalue weighted by Crippen LogP contribution is -2.43. The first-order chi connectivity index (χ1) is 10.5. The van der Waals surface area contributed by atoms with Crippen LogP contribution >= 0.6 is 23.4 Å². The first-order valence-corrected chi connectivity index (χ1v) is 8.09. The van der Waals surface area contributed by atoms with Crippen molar-refractivity contribution in [2.75, 3.05) is 17.6 Å². The zero-order valence-corrected chi connectivity index (χ0v) is 13.5. The average molecular weight is 342 g/mol. The highest BCUT2D eigenvalue weighted by Crippen LogP contribution is 2.22. The summed E-state index contributed by atoms with van der Waals surface area (Å²) in [6.07, 6.45) is 0.144. The Balaban J connectivity index is 1.75. The molecule has 8 heteroatoms. The molecule has 0 radical (unpaired) electrons. The number of amides is 3. The Morgan fingerprint density at radius 1 is 1.45 bits per heavy atom. The van der Waals surface area contributed by atoms with Crippen molar-refractivity contribution in [3.05, 3.63) is 28.8 Å². The Bertz CT molecular complexity index is 609. The summed E-state index contributed by atoms with van der Waals surface area (Å²) < 4.78 is 0. The molecule has 1 saturated heterocycles. The van der Waals surface area contributed by atoms with Crippen molar-refractivity contribution in [1.82, 2.24) is 10.6 Å². The quantitative estimate of drug-likeness (QED) is 0.763. The van der Waals surface area contributed by atoms with E-state index in [2.05, 4.69) is 16.0 Å². The maximum Gasteiger partial charge on any atom is 0.279 e. The first kappa shape index (κ1) is 16.6. The number of carbonyl (C=O) groups excluding carboxylic acids is 3. The second-order valence-electron chi connectivity index (χ2n) is 4.80. The fourth-order valence-electron chi connectivity index (χ4n) is 1.90. The van der Waals surface area contributed by atoms with E-state index in [1.807, 2.05) is 6.92 Å². The molecule has 0 aliphatic carbocycles. The second kappa shape index (κ2) is 7.51. The van der Waals surface area contributed by atoms with E-state index in [0.29, 0.717) is 16.5 Å². The molecule has 1 aliphatic heterocycles. The van der Waals surface area contributed by atoms with Gasteiger partial charge in [0.15, 0.2) is 0 Å². The Labute approximate surface area is 137 Å². The number of nitrogens with one attached hydrogen (secondary N) is 3. The highest BCUT2D eigenvalue weighted by atomic mass is 35.5. The number of halogens is 1. The van der Waals surface area contributed by atoms with Crippen molar-refractivity contribution >= 4 is 46.1 Å². The highest BCUT2D eigenvalue weighted by molar-refractivity contribution is 8.14. The van der Waals surface area contributed by atoms with Gasteiger partial charge in [-0.1, -0.05) is 29.4 Å². The molecule has 1 unspecified atom stereocenters. The van der Waals surface area contributed by atoms with Crippen molar-refractivity contribution in [2.24, 2.45) is 0 Å². The zero-order valence-electron chi connectivity index (χ0n) is 11.9. The van der Waals surface area contributed by atoms with Crippen LogP contribution in [-0.2, 0) is 9.59 Å². The van der Waals surface area contributed by atoms with Gasteiger partial charge in [-0.05, 0) is 24.6 Å². The molecule has 1 fully saturated rings. The molecule has 0 spiro atoms. The molecule has 1 heterocycles. The minimum absolute atomic E-state index is 0.144. The van der Waals surface area contributed by atoms with Gasteiger partial charge in [-0.2, -0.15) is 0 Å². The Kier molecular flexibility index (Phi) is 5.68. The van der Waals surface area contributed by atoms with E-state index < -0.39 is 6.04 Å². The number of thioether (sulfide) groups is 1. The van der Waals surface area contributed by atoms with Crippen molar-refractivity contribution in [3.8, 4) is 0 Å². The average Bonchev–Trinajstić information content (AvgIpc) is 2.90. The lowest BCUT2D eigenvalue weighted by Gasteiger charge is -2.11. The van der Waals surface area contributed by atoms with E-state index in [9.17, 15) is 14.4 Å². The Morgan fingerprint density at radius 2 is 2.23 bits per heavy atom. The van der Waals surface area contributed by atoms with Crippen molar-refractivity contribution in [2.45, 2.75) is 19.4 Å². The number of carbonyl (C=O) groups is 3. The Morgan fingerprint density at radius 3 is 2.91 bits per heavy atom. The van der Waals surface area contributed by atoms with Crippen LogP contribution in [0.25, 0.3) is 0 Å². The predicted octanol–water partition coefficient (Wildman–Crippen LogP) is 1.92. The van der Waals surface area contributed by atoms with Gasteiger partial charge in [0.05, 0.1) is 0 Å². The van der Waals surface area contributed by atoms with E-state index in [-0.39, 0.29) is 30.0 Å². The van der Waals surface area contributed by atoms with E-state index in [1.54, 1.807) is 18.2 Å². The summed E-state index contributed by atoms with van der Waals surface area (Å²) >= 11 is 7.06. The molecule has 3 amide bonds. The number of anilines is 1. The normalized spacial score (nSPS) is 17.0. The Hall–Kier alpha value is -1.73. The number of benzene rings is 1. The van der Waals surface area contributed by atoms with Crippen LogP contribution in [0.1, 0.15) is 12.0 Å². The van der Waals surface area contributed by atoms with Crippen LogP contribution in [0.4, 0.5) is 10.5 Å². The van der Waals surface area contributed by atoms with Gasteiger partial charge in [0, 0.05) is 29.4 Å². The van der Waals surface area contributed by atoms with E-state index in [1.165, 1.54) is 0 Å². The van der Waals surface area contributed by atoms with Gasteiger partial charge in [-0.15, -0.1) is 0 Å². The summed E-state index contributed by atoms with van der Waals surface area (Å²) in [6, 6.07) is 4.76. The maximum absolute atomic E-state index is 11.9. The van der Waals surface area contributed by atoms with Crippen LogP contribution in [0, 0.1) is 6.92 Å². The number of rotatable bonds is 5. The molecule has 0 saturated carbocycles. The van der Waals surface area contributed by atoms with Gasteiger partial charge in [0.2, 0.25) is 11.8 Å². The van der Waals surface area contributed by atoms with Crippen LogP contribution in [0.5, 0.6) is 0 Å². The number of hydrogen-bond acceptors (Lipinski definition) is 4. The molecule has 3 N–H and O–H groups in total. The predicted molar refractivity (Wildman–Crippen MR) is 87.2 cm³/mol. The molecule has 0 aromatic heterocycles. The third-order valence-corrected chi connectivity index (χ3v) is 4.47. The van der Waals surface area contributed by atoms with Crippen LogP contribution in [0.2, 0.25) is 5.02 Å². The minimum Gasteiger partial charge on any atom is -0.354 e. The molecule has 1 aliphatic rings. The molecule has 6 nitrogen and oxygen atoms in total. The van der Waals surface area contributed by atoms with Crippen LogP contribution < -0.4 is 16.0 Å². The van der Waals surface area contributed by atoms with Crippen LogP contribution in [-0.4, -0.2) is 35.4 Å². The molecule has 0 bridgehead atoms. The summed E-state index contributed by atoms with van der Waals surface area (Å²) in [4.78, 5) is 34.6. The lowest BCUT2D eigenvalue weighted by molar-refractivity contribution is -0.122. The van der Waals surface area contributed by atoms with Gasteiger partial charge >= 0.3 is 0 Å². The topological polar surface area (TPSA) is 87.3 Å². The fraction of sp³-hybridized carbons (Fsp3) is 0.357. The van der Waals surface area contributed by atoms with Gasteiger partial charge < -0.3 is 16.0 Å². The maximum atomic E-state index is 11.9. The smallest absolute Gasteiger partial charge is 0.279 e. The van der Waals surface area contributed by atoms with Gasteiger partial charge in [-0.3, -0.25) is 14.4 Å². The van der Waals surface area contributed by atoms with Crippen LogP contribution in [0.3, 0.4) is 0 Å². The summed E-state index contributed by atoms with van der Waals surface area (Å²) in [5, 5.41) is 8.31. The summed E-state index contributed by atoms with van der Waals surface area (Å²) in [7, 11) is 0. The highest BCUT2D eigenvalue weighted by Gasteiger charge is 2.27. The van der Waals surface area contributed by atoms with E-state index in [0.717, 1.165) is 17.3 Å². The first-order valence-electron chi connectivity index (χ1n) is 6.73. The second-order valence-corrected chi connectivity index (χ2v) is 6.20.